The first-order valence-corrected chi connectivity index (χ1v) is 9.28. The van der Waals surface area contributed by atoms with Gasteiger partial charge in [0.25, 0.3) is 5.91 Å². The number of nitrogens with zero attached hydrogens (tertiary/aromatic N) is 3. The van der Waals surface area contributed by atoms with Crippen molar-refractivity contribution in [3.8, 4) is 0 Å². The third-order valence-electron chi connectivity index (χ3n) is 4.96. The number of pyridine rings is 1. The van der Waals surface area contributed by atoms with Gasteiger partial charge in [-0.25, -0.2) is 9.67 Å². The number of carbonyl (C=O) groups excluding carboxylic acids is 1. The summed E-state index contributed by atoms with van der Waals surface area (Å²) in [5, 5.41) is 8.42. The van der Waals surface area contributed by atoms with Crippen molar-refractivity contribution in [3.63, 3.8) is 0 Å². The lowest BCUT2D eigenvalue weighted by atomic mass is 10.1. The van der Waals surface area contributed by atoms with Crippen molar-refractivity contribution < 1.29 is 4.79 Å². The average Bonchev–Trinajstić information content (AvgIpc) is 3.40. The van der Waals surface area contributed by atoms with Crippen LogP contribution in [0.15, 0.2) is 42.6 Å². The molecule has 5 heteroatoms. The van der Waals surface area contributed by atoms with Crippen LogP contribution in [0.4, 0.5) is 0 Å². The summed E-state index contributed by atoms with van der Waals surface area (Å²) in [7, 11) is 0. The van der Waals surface area contributed by atoms with E-state index in [9.17, 15) is 4.79 Å². The van der Waals surface area contributed by atoms with E-state index < -0.39 is 0 Å². The van der Waals surface area contributed by atoms with Crippen molar-refractivity contribution >= 4 is 16.9 Å². The van der Waals surface area contributed by atoms with Gasteiger partial charge in [0.05, 0.1) is 23.2 Å². The number of amides is 1. The van der Waals surface area contributed by atoms with Crippen molar-refractivity contribution in [2.24, 2.45) is 0 Å². The first-order valence-electron chi connectivity index (χ1n) is 9.28. The van der Waals surface area contributed by atoms with E-state index in [1.165, 1.54) is 0 Å². The lowest BCUT2D eigenvalue weighted by molar-refractivity contribution is 0.0941. The van der Waals surface area contributed by atoms with Gasteiger partial charge >= 0.3 is 0 Å². The van der Waals surface area contributed by atoms with Crippen LogP contribution in [0.2, 0.25) is 0 Å². The van der Waals surface area contributed by atoms with Gasteiger partial charge < -0.3 is 5.32 Å². The van der Waals surface area contributed by atoms with E-state index in [-0.39, 0.29) is 18.0 Å². The van der Waals surface area contributed by atoms with Crippen LogP contribution in [-0.4, -0.2) is 20.7 Å². The number of nitrogens with one attached hydrogen (secondary N) is 1. The van der Waals surface area contributed by atoms with E-state index in [4.69, 9.17) is 4.98 Å². The maximum absolute atomic E-state index is 13.0. The van der Waals surface area contributed by atoms with Gasteiger partial charge in [0.15, 0.2) is 5.65 Å². The van der Waals surface area contributed by atoms with Gasteiger partial charge in [0, 0.05) is 17.7 Å². The number of benzene rings is 1. The maximum atomic E-state index is 13.0. The minimum absolute atomic E-state index is 0.0589. The second kappa shape index (κ2) is 6.56. The predicted molar refractivity (Wildman–Crippen MR) is 102 cm³/mol. The first kappa shape index (κ1) is 16.8. The van der Waals surface area contributed by atoms with Crippen LogP contribution in [0, 0.1) is 0 Å². The molecule has 26 heavy (non-hydrogen) atoms. The van der Waals surface area contributed by atoms with Gasteiger partial charge in [-0.15, -0.1) is 0 Å². The first-order chi connectivity index (χ1) is 12.5. The standard InChI is InChI=1S/C21H24N4O/c1-13(2)25-20-18(12-22-25)17(11-19(24-20)16-9-10-16)21(26)23-14(3)15-7-5-4-6-8-15/h4-8,11-14,16H,9-10H2,1-3H3,(H,23,26). The molecule has 0 bridgehead atoms. The van der Waals surface area contributed by atoms with Gasteiger partial charge in [-0.3, -0.25) is 4.79 Å². The Hall–Kier alpha value is -2.69. The lowest BCUT2D eigenvalue weighted by Gasteiger charge is -2.15. The minimum Gasteiger partial charge on any atom is -0.345 e. The van der Waals surface area contributed by atoms with Gasteiger partial charge in [0.2, 0.25) is 0 Å². The molecule has 1 unspecified atom stereocenters. The Morgan fingerprint density at radius 3 is 2.58 bits per heavy atom. The molecule has 1 aromatic carbocycles. The summed E-state index contributed by atoms with van der Waals surface area (Å²) in [5.41, 5.74) is 3.58. The number of carbonyl (C=O) groups is 1. The molecule has 1 aliphatic carbocycles. The van der Waals surface area contributed by atoms with E-state index in [1.54, 1.807) is 6.20 Å². The Labute approximate surface area is 153 Å². The van der Waals surface area contributed by atoms with Crippen LogP contribution in [-0.2, 0) is 0 Å². The predicted octanol–water partition coefficient (Wildman–Crippen LogP) is 4.38. The molecule has 4 rings (SSSR count). The van der Waals surface area contributed by atoms with Crippen molar-refractivity contribution in [2.45, 2.75) is 51.6 Å². The summed E-state index contributed by atoms with van der Waals surface area (Å²) >= 11 is 0. The van der Waals surface area contributed by atoms with Crippen molar-refractivity contribution in [1.82, 2.24) is 20.1 Å². The molecule has 0 radical (unpaired) electrons. The van der Waals surface area contributed by atoms with E-state index in [0.29, 0.717) is 11.5 Å². The number of hydrogen-bond donors (Lipinski definition) is 1. The molecular formula is C21H24N4O. The second-order valence-electron chi connectivity index (χ2n) is 7.39. The fraction of sp³-hybridized carbons (Fsp3) is 0.381. The summed E-state index contributed by atoms with van der Waals surface area (Å²) in [6.45, 7) is 6.16. The molecule has 134 valence electrons. The molecular weight excluding hydrogens is 324 g/mol. The average molecular weight is 348 g/mol. The number of fused-ring (bicyclic) bond motifs is 1. The highest BCUT2D eigenvalue weighted by molar-refractivity contribution is 6.05. The lowest BCUT2D eigenvalue weighted by Crippen LogP contribution is -2.27. The molecule has 1 amide bonds. The molecule has 5 nitrogen and oxygen atoms in total. The summed E-state index contributed by atoms with van der Waals surface area (Å²) in [4.78, 5) is 17.9. The molecule has 1 aliphatic rings. The topological polar surface area (TPSA) is 59.8 Å². The summed E-state index contributed by atoms with van der Waals surface area (Å²) in [6.07, 6.45) is 4.06. The Morgan fingerprint density at radius 2 is 1.92 bits per heavy atom. The highest BCUT2D eigenvalue weighted by Crippen LogP contribution is 2.40. The van der Waals surface area contributed by atoms with E-state index in [1.807, 2.05) is 48.0 Å². The summed E-state index contributed by atoms with van der Waals surface area (Å²) < 4.78 is 1.90. The normalized spacial score (nSPS) is 15.4. The van der Waals surface area contributed by atoms with Crippen molar-refractivity contribution in [1.29, 1.82) is 0 Å². The summed E-state index contributed by atoms with van der Waals surface area (Å²) in [5.74, 6) is 0.409. The number of rotatable bonds is 5. The SMILES string of the molecule is CC(NC(=O)c1cc(C2CC2)nc2c1cnn2C(C)C)c1ccccc1. The highest BCUT2D eigenvalue weighted by atomic mass is 16.1. The largest absolute Gasteiger partial charge is 0.345 e. The third-order valence-corrected chi connectivity index (χ3v) is 4.96. The number of aromatic nitrogens is 3. The Kier molecular flexibility index (Phi) is 4.23. The molecule has 1 fully saturated rings. The molecule has 1 atom stereocenters. The molecule has 0 aliphatic heterocycles. The van der Waals surface area contributed by atoms with Crippen molar-refractivity contribution in [2.75, 3.05) is 0 Å². The molecule has 1 N–H and O–H groups in total. The Bertz CT molecular complexity index is 941. The fourth-order valence-corrected chi connectivity index (χ4v) is 3.29. The monoisotopic (exact) mass is 348 g/mol. The quantitative estimate of drug-likeness (QED) is 0.744. The molecule has 0 saturated heterocycles. The van der Waals surface area contributed by atoms with Gasteiger partial charge in [0.1, 0.15) is 0 Å². The van der Waals surface area contributed by atoms with Crippen LogP contribution in [0.1, 0.15) is 73.2 Å². The molecule has 3 aromatic rings. The Balaban J connectivity index is 1.71. The maximum Gasteiger partial charge on any atom is 0.252 e. The second-order valence-corrected chi connectivity index (χ2v) is 7.39. The highest BCUT2D eigenvalue weighted by Gasteiger charge is 2.28. The zero-order chi connectivity index (χ0) is 18.3. The third kappa shape index (κ3) is 3.09. The van der Waals surface area contributed by atoms with E-state index in [2.05, 4.69) is 24.3 Å². The fourth-order valence-electron chi connectivity index (χ4n) is 3.29. The zero-order valence-electron chi connectivity index (χ0n) is 15.4. The van der Waals surface area contributed by atoms with Crippen LogP contribution in [0.25, 0.3) is 11.0 Å². The Morgan fingerprint density at radius 1 is 1.19 bits per heavy atom. The van der Waals surface area contributed by atoms with Gasteiger partial charge in [-0.2, -0.15) is 5.10 Å². The zero-order valence-corrected chi connectivity index (χ0v) is 15.4. The number of hydrogen-bond acceptors (Lipinski definition) is 3. The molecule has 2 heterocycles. The minimum atomic E-state index is -0.0704. The molecule has 0 spiro atoms. The molecule has 1 saturated carbocycles. The van der Waals surface area contributed by atoms with E-state index >= 15 is 0 Å². The van der Waals surface area contributed by atoms with Crippen LogP contribution in [0.5, 0.6) is 0 Å². The van der Waals surface area contributed by atoms with Crippen LogP contribution >= 0.6 is 0 Å². The van der Waals surface area contributed by atoms with Crippen LogP contribution < -0.4 is 5.32 Å². The summed E-state index contributed by atoms with van der Waals surface area (Å²) in [6, 6.07) is 12.1. The van der Waals surface area contributed by atoms with Gasteiger partial charge in [-0.05, 0) is 45.2 Å². The molecule has 2 aromatic heterocycles. The van der Waals surface area contributed by atoms with Crippen LogP contribution in [0.3, 0.4) is 0 Å². The van der Waals surface area contributed by atoms with E-state index in [0.717, 1.165) is 35.1 Å². The van der Waals surface area contributed by atoms with Crippen molar-refractivity contribution in [3.05, 3.63) is 59.4 Å². The van der Waals surface area contributed by atoms with Gasteiger partial charge in [-0.1, -0.05) is 30.3 Å². The smallest absolute Gasteiger partial charge is 0.252 e.